The fourth-order valence-electron chi connectivity index (χ4n) is 3.52. The molecule has 0 spiro atoms. The van der Waals surface area contributed by atoms with Crippen molar-refractivity contribution in [2.75, 3.05) is 31.6 Å². The van der Waals surface area contributed by atoms with Crippen molar-refractivity contribution in [1.29, 1.82) is 0 Å². The van der Waals surface area contributed by atoms with E-state index in [2.05, 4.69) is 0 Å². The summed E-state index contributed by atoms with van der Waals surface area (Å²) in [6.07, 6.45) is 1.45. The van der Waals surface area contributed by atoms with Gasteiger partial charge in [-0.05, 0) is 37.1 Å². The predicted octanol–water partition coefficient (Wildman–Crippen LogP) is 1.37. The summed E-state index contributed by atoms with van der Waals surface area (Å²) in [5.41, 5.74) is 0.739. The minimum Gasteiger partial charge on any atom is -0.497 e. The summed E-state index contributed by atoms with van der Waals surface area (Å²) in [4.78, 5) is 39.4. The maximum absolute atomic E-state index is 12.7. The third kappa shape index (κ3) is 3.60. The highest BCUT2D eigenvalue weighted by Crippen LogP contribution is 2.29. The molecular weight excluding hydrogens is 324 g/mol. The van der Waals surface area contributed by atoms with E-state index in [-0.39, 0.29) is 24.8 Å². The largest absolute Gasteiger partial charge is 0.497 e. The number of methoxy groups -OCH3 is 1. The fraction of sp³-hybridized carbons (Fsp3) is 0.500. The molecule has 0 aliphatic carbocycles. The summed E-state index contributed by atoms with van der Waals surface area (Å²) in [6.45, 7) is 1.13. The molecule has 0 radical (unpaired) electrons. The Morgan fingerprint density at radius 1 is 1.16 bits per heavy atom. The number of benzene rings is 1. The lowest BCUT2D eigenvalue weighted by atomic mass is 9.96. The van der Waals surface area contributed by atoms with Gasteiger partial charge in [0.15, 0.2) is 0 Å². The van der Waals surface area contributed by atoms with Crippen molar-refractivity contribution in [2.45, 2.75) is 19.3 Å². The summed E-state index contributed by atoms with van der Waals surface area (Å²) in [7, 11) is 1.58. The van der Waals surface area contributed by atoms with Gasteiger partial charge in [0.05, 0.1) is 18.9 Å². The Hall–Kier alpha value is -2.57. The number of carbonyl (C=O) groups excluding carboxylic acids is 2. The van der Waals surface area contributed by atoms with Crippen LogP contribution in [0.5, 0.6) is 5.75 Å². The van der Waals surface area contributed by atoms with Crippen LogP contribution in [0.4, 0.5) is 5.69 Å². The first-order valence-electron chi connectivity index (χ1n) is 8.45. The molecule has 2 heterocycles. The number of carboxylic acids is 1. The van der Waals surface area contributed by atoms with Gasteiger partial charge in [-0.2, -0.15) is 0 Å². The van der Waals surface area contributed by atoms with Crippen molar-refractivity contribution in [3.8, 4) is 5.75 Å². The van der Waals surface area contributed by atoms with E-state index in [9.17, 15) is 14.4 Å². The molecule has 2 amide bonds. The third-order valence-corrected chi connectivity index (χ3v) is 4.94. The van der Waals surface area contributed by atoms with E-state index in [1.54, 1.807) is 41.2 Å². The standard InChI is InChI=1S/C18H22N2O5/c1-25-15-6-4-14(5-7-15)20-11-13(9-16(20)21)17(22)19-8-2-3-12(10-19)18(23)24/h4-7,12-13H,2-3,8-11H2,1H3,(H,23,24)/t12-,13?/m0/s1. The van der Waals surface area contributed by atoms with Gasteiger partial charge in [0.1, 0.15) is 5.75 Å². The van der Waals surface area contributed by atoms with Crippen molar-refractivity contribution in [1.82, 2.24) is 4.90 Å². The lowest BCUT2D eigenvalue weighted by molar-refractivity contribution is -0.146. The molecule has 2 aliphatic heterocycles. The number of piperidine rings is 1. The van der Waals surface area contributed by atoms with Gasteiger partial charge in [-0.1, -0.05) is 0 Å². The molecule has 1 N–H and O–H groups in total. The lowest BCUT2D eigenvalue weighted by Crippen LogP contribution is -2.45. The summed E-state index contributed by atoms with van der Waals surface area (Å²) in [6, 6.07) is 7.15. The normalized spacial score (nSPS) is 23.6. The summed E-state index contributed by atoms with van der Waals surface area (Å²) < 4.78 is 5.11. The number of nitrogens with zero attached hydrogens (tertiary/aromatic N) is 2. The fourth-order valence-corrected chi connectivity index (χ4v) is 3.52. The molecule has 7 nitrogen and oxygen atoms in total. The summed E-state index contributed by atoms with van der Waals surface area (Å²) in [5.74, 6) is -1.28. The Balaban J connectivity index is 1.66. The Kier molecular flexibility index (Phi) is 4.92. The number of aliphatic carboxylic acids is 1. The second-order valence-electron chi connectivity index (χ2n) is 6.57. The monoisotopic (exact) mass is 346 g/mol. The molecular formula is C18H22N2O5. The Morgan fingerprint density at radius 2 is 1.88 bits per heavy atom. The number of anilines is 1. The Labute approximate surface area is 146 Å². The Bertz CT molecular complexity index is 673. The third-order valence-electron chi connectivity index (χ3n) is 4.94. The van der Waals surface area contributed by atoms with Crippen LogP contribution in [0, 0.1) is 11.8 Å². The highest BCUT2D eigenvalue weighted by molar-refractivity contribution is 6.00. The number of ether oxygens (including phenoxy) is 1. The van der Waals surface area contributed by atoms with E-state index >= 15 is 0 Å². The first kappa shape index (κ1) is 17.3. The molecule has 0 aromatic heterocycles. The van der Waals surface area contributed by atoms with E-state index in [1.165, 1.54) is 0 Å². The number of hydrogen-bond acceptors (Lipinski definition) is 4. The first-order chi connectivity index (χ1) is 12.0. The average Bonchev–Trinajstić information content (AvgIpc) is 3.03. The second-order valence-corrected chi connectivity index (χ2v) is 6.57. The highest BCUT2D eigenvalue weighted by Gasteiger charge is 2.39. The minimum absolute atomic E-state index is 0.0877. The van der Waals surface area contributed by atoms with Crippen LogP contribution in [0.15, 0.2) is 24.3 Å². The predicted molar refractivity (Wildman–Crippen MR) is 90.4 cm³/mol. The van der Waals surface area contributed by atoms with E-state index < -0.39 is 17.8 Å². The van der Waals surface area contributed by atoms with Crippen molar-refractivity contribution < 1.29 is 24.2 Å². The molecule has 7 heteroatoms. The quantitative estimate of drug-likeness (QED) is 0.890. The lowest BCUT2D eigenvalue weighted by Gasteiger charge is -2.32. The number of carboxylic acid groups (broad SMARTS) is 1. The molecule has 1 unspecified atom stereocenters. The van der Waals surface area contributed by atoms with E-state index in [0.717, 1.165) is 5.69 Å². The summed E-state index contributed by atoms with van der Waals surface area (Å²) in [5, 5.41) is 9.17. The topological polar surface area (TPSA) is 87.2 Å². The maximum Gasteiger partial charge on any atom is 0.308 e. The van der Waals surface area contributed by atoms with Crippen LogP contribution in [-0.2, 0) is 14.4 Å². The van der Waals surface area contributed by atoms with Gasteiger partial charge < -0.3 is 19.6 Å². The smallest absolute Gasteiger partial charge is 0.308 e. The van der Waals surface area contributed by atoms with E-state index in [1.807, 2.05) is 0 Å². The Morgan fingerprint density at radius 3 is 2.52 bits per heavy atom. The van der Waals surface area contributed by atoms with Gasteiger partial charge in [0, 0.05) is 31.7 Å². The van der Waals surface area contributed by atoms with Crippen molar-refractivity contribution in [3.05, 3.63) is 24.3 Å². The zero-order valence-electron chi connectivity index (χ0n) is 14.2. The molecule has 0 saturated carbocycles. The van der Waals surface area contributed by atoms with Crippen LogP contribution in [0.25, 0.3) is 0 Å². The zero-order valence-corrected chi connectivity index (χ0v) is 14.2. The molecule has 1 aromatic rings. The second kappa shape index (κ2) is 7.13. The number of rotatable bonds is 4. The molecule has 25 heavy (non-hydrogen) atoms. The summed E-state index contributed by atoms with van der Waals surface area (Å²) >= 11 is 0. The molecule has 0 bridgehead atoms. The van der Waals surface area contributed by atoms with E-state index in [0.29, 0.717) is 31.7 Å². The van der Waals surface area contributed by atoms with Gasteiger partial charge in [-0.15, -0.1) is 0 Å². The average molecular weight is 346 g/mol. The molecule has 2 atom stereocenters. The number of amides is 2. The number of carbonyl (C=O) groups is 3. The van der Waals surface area contributed by atoms with Crippen LogP contribution in [0.2, 0.25) is 0 Å². The van der Waals surface area contributed by atoms with E-state index in [4.69, 9.17) is 9.84 Å². The van der Waals surface area contributed by atoms with Gasteiger partial charge in [0.25, 0.3) is 0 Å². The minimum atomic E-state index is -0.861. The molecule has 2 fully saturated rings. The van der Waals surface area contributed by atoms with Gasteiger partial charge in [-0.3, -0.25) is 14.4 Å². The van der Waals surface area contributed by atoms with Crippen molar-refractivity contribution in [3.63, 3.8) is 0 Å². The van der Waals surface area contributed by atoms with Gasteiger partial charge in [0.2, 0.25) is 11.8 Å². The molecule has 2 aliphatic rings. The maximum atomic E-state index is 12.7. The van der Waals surface area contributed by atoms with Crippen LogP contribution >= 0.6 is 0 Å². The van der Waals surface area contributed by atoms with Gasteiger partial charge in [-0.25, -0.2) is 0 Å². The van der Waals surface area contributed by atoms with Crippen LogP contribution in [0.3, 0.4) is 0 Å². The zero-order chi connectivity index (χ0) is 18.0. The van der Waals surface area contributed by atoms with Gasteiger partial charge >= 0.3 is 5.97 Å². The van der Waals surface area contributed by atoms with Crippen LogP contribution < -0.4 is 9.64 Å². The van der Waals surface area contributed by atoms with Crippen LogP contribution in [0.1, 0.15) is 19.3 Å². The number of likely N-dealkylation sites (tertiary alicyclic amines) is 1. The molecule has 3 rings (SSSR count). The first-order valence-corrected chi connectivity index (χ1v) is 8.45. The van der Waals surface area contributed by atoms with Crippen molar-refractivity contribution >= 4 is 23.5 Å². The molecule has 2 saturated heterocycles. The molecule has 1 aromatic carbocycles. The van der Waals surface area contributed by atoms with Crippen molar-refractivity contribution in [2.24, 2.45) is 11.8 Å². The van der Waals surface area contributed by atoms with Crippen LogP contribution in [-0.4, -0.2) is 54.5 Å². The number of hydrogen-bond donors (Lipinski definition) is 1. The highest BCUT2D eigenvalue weighted by atomic mass is 16.5. The molecule has 134 valence electrons. The SMILES string of the molecule is COc1ccc(N2CC(C(=O)N3CCC[C@H](C(=O)O)C3)CC2=O)cc1.